The first-order valence-corrected chi connectivity index (χ1v) is 11.0. The zero-order valence-corrected chi connectivity index (χ0v) is 17.1. The molecular formula is C18H20N2O3S3. The van der Waals surface area contributed by atoms with E-state index in [4.69, 9.17) is 15.9 Å². The van der Waals surface area contributed by atoms with Crippen LogP contribution in [0.3, 0.4) is 0 Å². The summed E-state index contributed by atoms with van der Waals surface area (Å²) in [5, 5.41) is 7.58. The fraction of sp³-hybridized carbons (Fsp3) is 0.222. The Balaban J connectivity index is 2.37. The molecule has 0 aliphatic rings. The maximum atomic E-state index is 13.0. The van der Waals surface area contributed by atoms with E-state index in [2.05, 4.69) is 0 Å². The van der Waals surface area contributed by atoms with Crippen molar-refractivity contribution in [2.75, 3.05) is 12.9 Å². The maximum Gasteiger partial charge on any atom is 0.331 e. The van der Waals surface area contributed by atoms with Gasteiger partial charge in [-0.2, -0.15) is 0 Å². The van der Waals surface area contributed by atoms with Gasteiger partial charge in [0.2, 0.25) is 0 Å². The van der Waals surface area contributed by atoms with Gasteiger partial charge in [0.15, 0.2) is 0 Å². The number of rotatable bonds is 7. The van der Waals surface area contributed by atoms with Crippen LogP contribution in [0.5, 0.6) is 0 Å². The summed E-state index contributed by atoms with van der Waals surface area (Å²) < 4.78 is 18.8. The van der Waals surface area contributed by atoms with Crippen LogP contribution in [0.1, 0.15) is 24.3 Å². The smallest absolute Gasteiger partial charge is 0.331 e. The first-order valence-electron chi connectivity index (χ1n) is 7.76. The molecule has 0 radical (unpaired) electrons. The van der Waals surface area contributed by atoms with Gasteiger partial charge in [-0.1, -0.05) is 12.1 Å². The molecule has 1 aromatic carbocycles. The van der Waals surface area contributed by atoms with E-state index in [9.17, 15) is 9.00 Å². The third-order valence-corrected chi connectivity index (χ3v) is 7.41. The maximum absolute atomic E-state index is 13.0. The van der Waals surface area contributed by atoms with Crippen molar-refractivity contribution < 1.29 is 13.7 Å². The van der Waals surface area contributed by atoms with Gasteiger partial charge in [-0.15, -0.1) is 23.1 Å². The third-order valence-electron chi connectivity index (χ3n) is 3.44. The van der Waals surface area contributed by atoms with Crippen molar-refractivity contribution in [3.05, 3.63) is 46.8 Å². The molecule has 1 unspecified atom stereocenters. The molecule has 1 aromatic heterocycles. The van der Waals surface area contributed by atoms with Crippen LogP contribution in [0.25, 0.3) is 5.57 Å². The first-order chi connectivity index (χ1) is 12.4. The molecule has 8 heteroatoms. The molecule has 0 saturated heterocycles. The summed E-state index contributed by atoms with van der Waals surface area (Å²) in [6.07, 6.45) is 3.33. The van der Waals surface area contributed by atoms with Crippen LogP contribution in [0.2, 0.25) is 0 Å². The zero-order chi connectivity index (χ0) is 19.3. The lowest BCUT2D eigenvalue weighted by molar-refractivity contribution is -0.137. The number of thioether (sulfide) groups is 1. The van der Waals surface area contributed by atoms with Crippen molar-refractivity contribution in [3.8, 4) is 0 Å². The molecular weight excluding hydrogens is 388 g/mol. The Bertz CT molecular complexity index is 888. The summed E-state index contributed by atoms with van der Waals surface area (Å²) in [4.78, 5) is 13.5. The van der Waals surface area contributed by atoms with E-state index in [0.717, 1.165) is 15.3 Å². The molecule has 0 saturated carbocycles. The number of hydrogen-bond acceptors (Lipinski definition) is 6. The van der Waals surface area contributed by atoms with E-state index in [-0.39, 0.29) is 5.84 Å². The van der Waals surface area contributed by atoms with Crippen molar-refractivity contribution in [1.82, 2.24) is 0 Å². The SMILES string of the molecule is CCOC(=O)/C=C(/C)c1cccc(S(=O)c2cc(C(=N)N)sc2SC)c1. The highest BCUT2D eigenvalue weighted by Crippen LogP contribution is 2.35. The lowest BCUT2D eigenvalue weighted by atomic mass is 10.1. The standard InChI is InChI=1S/C18H20N2O3S3/c1-4-23-16(21)8-11(2)12-6-5-7-13(9-12)26(22)15-10-14(17(19)20)25-18(15)24-3/h5-10H,4H2,1-3H3,(H3,19,20)/b11-8-. The molecule has 138 valence electrons. The van der Waals surface area contributed by atoms with E-state index in [1.165, 1.54) is 29.2 Å². The molecule has 0 amide bonds. The van der Waals surface area contributed by atoms with E-state index in [1.807, 2.05) is 25.3 Å². The van der Waals surface area contributed by atoms with Crippen LogP contribution in [-0.2, 0) is 20.3 Å². The van der Waals surface area contributed by atoms with Crippen LogP contribution >= 0.6 is 23.1 Å². The van der Waals surface area contributed by atoms with E-state index >= 15 is 0 Å². The van der Waals surface area contributed by atoms with Crippen molar-refractivity contribution in [3.63, 3.8) is 0 Å². The van der Waals surface area contributed by atoms with Gasteiger partial charge in [0, 0.05) is 11.0 Å². The topological polar surface area (TPSA) is 93.2 Å². The molecule has 0 spiro atoms. The van der Waals surface area contributed by atoms with E-state index in [1.54, 1.807) is 25.1 Å². The van der Waals surface area contributed by atoms with Gasteiger partial charge in [0.1, 0.15) is 5.84 Å². The first kappa shape index (κ1) is 20.4. The largest absolute Gasteiger partial charge is 0.463 e. The molecule has 0 fully saturated rings. The molecule has 0 bridgehead atoms. The van der Waals surface area contributed by atoms with Crippen LogP contribution in [-0.4, -0.2) is 28.9 Å². The molecule has 26 heavy (non-hydrogen) atoms. The second-order valence-corrected chi connectivity index (χ2v) is 8.83. The van der Waals surface area contributed by atoms with Gasteiger partial charge in [-0.05, 0) is 49.4 Å². The Morgan fingerprint density at radius 1 is 1.42 bits per heavy atom. The minimum atomic E-state index is -1.40. The minimum absolute atomic E-state index is 0.0319. The molecule has 1 atom stereocenters. The fourth-order valence-electron chi connectivity index (χ4n) is 2.19. The second kappa shape index (κ2) is 9.16. The summed E-state index contributed by atoms with van der Waals surface area (Å²) in [7, 11) is -1.40. The number of benzene rings is 1. The van der Waals surface area contributed by atoms with Gasteiger partial charge < -0.3 is 10.5 Å². The molecule has 3 N–H and O–H groups in total. The van der Waals surface area contributed by atoms with Crippen LogP contribution in [0.15, 0.2) is 50.4 Å². The number of nitrogen functional groups attached to an aromatic ring is 1. The molecule has 0 aliphatic heterocycles. The number of esters is 1. The Labute approximate surface area is 163 Å². The third kappa shape index (κ3) is 4.84. The minimum Gasteiger partial charge on any atom is -0.463 e. The summed E-state index contributed by atoms with van der Waals surface area (Å²) in [5.41, 5.74) is 7.10. The van der Waals surface area contributed by atoms with Crippen molar-refractivity contribution in [2.45, 2.75) is 27.8 Å². The molecule has 1 heterocycles. The highest BCUT2D eigenvalue weighted by atomic mass is 32.2. The van der Waals surface area contributed by atoms with Crippen molar-refractivity contribution >= 4 is 51.3 Å². The Morgan fingerprint density at radius 2 is 2.15 bits per heavy atom. The number of nitrogens with one attached hydrogen (secondary N) is 1. The van der Waals surface area contributed by atoms with Gasteiger partial charge in [0.25, 0.3) is 0 Å². The fourth-order valence-corrected chi connectivity index (χ4v) is 5.67. The predicted octanol–water partition coefficient (Wildman–Crippen LogP) is 3.89. The Kier molecular flexibility index (Phi) is 7.19. The van der Waals surface area contributed by atoms with Gasteiger partial charge in [-0.25, -0.2) is 9.00 Å². The number of carbonyl (C=O) groups is 1. The highest BCUT2D eigenvalue weighted by molar-refractivity contribution is 8.01. The Morgan fingerprint density at radius 3 is 2.77 bits per heavy atom. The number of ether oxygens (including phenoxy) is 1. The lowest BCUT2D eigenvalue weighted by Gasteiger charge is -2.06. The molecule has 0 aliphatic carbocycles. The summed E-state index contributed by atoms with van der Waals surface area (Å²) in [5.74, 6) is -0.430. The second-order valence-electron chi connectivity index (χ2n) is 5.26. The van der Waals surface area contributed by atoms with Crippen molar-refractivity contribution in [1.29, 1.82) is 5.41 Å². The predicted molar refractivity (Wildman–Crippen MR) is 109 cm³/mol. The van der Waals surface area contributed by atoms with Crippen LogP contribution < -0.4 is 5.73 Å². The Hall–Kier alpha value is -1.90. The molecule has 2 aromatic rings. The summed E-state index contributed by atoms with van der Waals surface area (Å²) in [6.45, 7) is 3.88. The normalized spacial score (nSPS) is 12.7. The quantitative estimate of drug-likeness (QED) is 0.238. The van der Waals surface area contributed by atoms with Gasteiger partial charge >= 0.3 is 5.97 Å². The number of nitrogens with two attached hydrogens (primary N) is 1. The van der Waals surface area contributed by atoms with Crippen LogP contribution in [0.4, 0.5) is 0 Å². The average Bonchev–Trinajstić information content (AvgIpc) is 3.06. The highest BCUT2D eigenvalue weighted by Gasteiger charge is 2.18. The van der Waals surface area contributed by atoms with Gasteiger partial charge in [-0.3, -0.25) is 5.41 Å². The zero-order valence-electron chi connectivity index (χ0n) is 14.7. The summed E-state index contributed by atoms with van der Waals surface area (Å²) in [6, 6.07) is 8.96. The van der Waals surface area contributed by atoms with Gasteiger partial charge in [0.05, 0.1) is 31.4 Å². The number of thiophene rings is 1. The number of carbonyl (C=O) groups excluding carboxylic acids is 1. The van der Waals surface area contributed by atoms with Crippen LogP contribution in [0, 0.1) is 5.41 Å². The average molecular weight is 409 g/mol. The number of allylic oxidation sites excluding steroid dienone is 1. The monoisotopic (exact) mass is 408 g/mol. The molecule has 2 rings (SSSR count). The van der Waals surface area contributed by atoms with E-state index in [0.29, 0.717) is 21.3 Å². The summed E-state index contributed by atoms with van der Waals surface area (Å²) >= 11 is 2.84. The number of amidine groups is 1. The van der Waals surface area contributed by atoms with E-state index < -0.39 is 16.8 Å². The van der Waals surface area contributed by atoms with Crippen molar-refractivity contribution in [2.24, 2.45) is 5.73 Å². The lowest BCUT2D eigenvalue weighted by Crippen LogP contribution is -2.08. The number of hydrogen-bond donors (Lipinski definition) is 2. The molecule has 5 nitrogen and oxygen atoms in total.